The molecule has 6 aromatic carbocycles. The summed E-state index contributed by atoms with van der Waals surface area (Å²) in [5.74, 6) is 0.553. The summed E-state index contributed by atoms with van der Waals surface area (Å²) in [6, 6.07) is 41.4. The predicted octanol–water partition coefficient (Wildman–Crippen LogP) is 11.3. The molecule has 17 heteroatoms. The van der Waals surface area contributed by atoms with E-state index in [1.54, 1.807) is 76.7 Å². The van der Waals surface area contributed by atoms with Gasteiger partial charge in [0.1, 0.15) is 5.75 Å². The zero-order valence-corrected chi connectivity index (χ0v) is 37.6. The van der Waals surface area contributed by atoms with Crippen LogP contribution in [0.25, 0.3) is 21.8 Å². The number of anilines is 3. The van der Waals surface area contributed by atoms with Gasteiger partial charge in [0, 0.05) is 46.2 Å². The van der Waals surface area contributed by atoms with Crippen molar-refractivity contribution in [2.45, 2.75) is 31.6 Å². The molecule has 346 valence electrons. The van der Waals surface area contributed by atoms with Crippen LogP contribution in [0.1, 0.15) is 38.9 Å². The van der Waals surface area contributed by atoms with Gasteiger partial charge >= 0.3 is 12.4 Å². The minimum absolute atomic E-state index is 0.0395. The van der Waals surface area contributed by atoms with E-state index in [1.807, 2.05) is 48.5 Å². The first-order valence-corrected chi connectivity index (χ1v) is 21.9. The Morgan fingerprint density at radius 1 is 0.588 bits per heavy atom. The molecule has 0 aliphatic rings. The fraction of sp³-hybridized carbons (Fsp3) is 0.137. The van der Waals surface area contributed by atoms with Gasteiger partial charge in [-0.1, -0.05) is 78.9 Å². The number of ether oxygens (including phenoxy) is 1. The summed E-state index contributed by atoms with van der Waals surface area (Å²) in [5.41, 5.74) is 1.25. The summed E-state index contributed by atoms with van der Waals surface area (Å²) < 4.78 is 90.6. The van der Waals surface area contributed by atoms with Crippen LogP contribution in [0.3, 0.4) is 0 Å². The standard InChI is InChI=1S/C51H40F6N6O3S2/c1-66-37-19-17-36(18-20-37)62(49(68)61-42-13-7-5-11-34(42)25-32-15-21-43-38(27-32)40(50(52,53)54)29-46(64)59-43)63(48(67)58-24-23-31-9-3-2-4-10-31)45-14-8-6-12-35(45)26-33-16-22-44-39(28-33)41(51(55,56)57)30-47(65)60-44/h2-22,27-30H,23-26H2,1H3,(H,58,67)(H,59,64)(H,60,65)(H,61,68). The summed E-state index contributed by atoms with van der Waals surface area (Å²) in [6.07, 6.45) is -8.66. The number of aromatic amines is 2. The molecule has 0 unspecified atom stereocenters. The third-order valence-electron chi connectivity index (χ3n) is 11.1. The maximum absolute atomic E-state index is 14.3. The van der Waals surface area contributed by atoms with Crippen molar-refractivity contribution in [3.63, 3.8) is 0 Å². The molecule has 0 bridgehead atoms. The van der Waals surface area contributed by atoms with Crippen molar-refractivity contribution < 1.29 is 31.1 Å². The number of H-pyrrole nitrogens is 2. The van der Waals surface area contributed by atoms with Crippen LogP contribution in [0.15, 0.2) is 161 Å². The molecule has 0 atom stereocenters. The fourth-order valence-electron chi connectivity index (χ4n) is 7.95. The van der Waals surface area contributed by atoms with E-state index in [0.717, 1.165) is 5.56 Å². The summed E-state index contributed by atoms with van der Waals surface area (Å²) in [7, 11) is 1.53. The molecule has 2 heterocycles. The average Bonchev–Trinajstić information content (AvgIpc) is 3.31. The van der Waals surface area contributed by atoms with Crippen LogP contribution < -0.4 is 36.5 Å². The number of rotatable bonds is 11. The topological polar surface area (TPSA) is 105 Å². The Labute approximate surface area is 396 Å². The molecule has 0 radical (unpaired) electrons. The van der Waals surface area contributed by atoms with Crippen LogP contribution in [-0.4, -0.2) is 33.8 Å². The number of nitrogens with zero attached hydrogens (tertiary/aromatic N) is 2. The van der Waals surface area contributed by atoms with E-state index < -0.39 is 34.6 Å². The number of thiocarbonyl (C=S) groups is 2. The number of aromatic nitrogens is 2. The van der Waals surface area contributed by atoms with E-state index in [4.69, 9.17) is 29.2 Å². The molecule has 2 aromatic heterocycles. The number of halogens is 6. The van der Waals surface area contributed by atoms with E-state index in [-0.39, 0.29) is 44.9 Å². The Hall–Kier alpha value is -7.50. The van der Waals surface area contributed by atoms with Crippen molar-refractivity contribution in [3.05, 3.63) is 211 Å². The summed E-state index contributed by atoms with van der Waals surface area (Å²) in [6.45, 7) is 0.403. The van der Waals surface area contributed by atoms with Crippen molar-refractivity contribution >= 4 is 73.5 Å². The molecule has 0 fully saturated rings. The maximum atomic E-state index is 14.3. The van der Waals surface area contributed by atoms with Crippen LogP contribution in [-0.2, 0) is 31.6 Å². The monoisotopic (exact) mass is 962 g/mol. The normalized spacial score (nSPS) is 11.6. The SMILES string of the molecule is COc1ccc(N(C(=S)Nc2ccccc2Cc2ccc3[nH]c(=O)cc(C(F)(F)F)c3c2)N(C(=S)NCCc2ccccc2)c2ccccc2Cc2ccc3[nH]c(=O)cc(C(F)(F)F)c3c2)cc1. The number of fused-ring (bicyclic) bond motifs is 2. The zero-order valence-electron chi connectivity index (χ0n) is 36.0. The number of pyridine rings is 2. The number of hydrogen-bond acceptors (Lipinski definition) is 5. The number of benzene rings is 6. The van der Waals surface area contributed by atoms with Gasteiger partial charge in [0.15, 0.2) is 10.2 Å². The molecular weight excluding hydrogens is 923 g/mol. The summed E-state index contributed by atoms with van der Waals surface area (Å²) in [4.78, 5) is 29.3. The quantitative estimate of drug-likeness (QED) is 0.0573. The van der Waals surface area contributed by atoms with Crippen molar-refractivity contribution in [2.24, 2.45) is 0 Å². The van der Waals surface area contributed by atoms with Gasteiger partial charge in [-0.15, -0.1) is 0 Å². The number of nitrogens with one attached hydrogen (secondary N) is 4. The minimum atomic E-state index is -4.79. The molecule has 8 rings (SSSR count). The number of hydrogen-bond donors (Lipinski definition) is 4. The summed E-state index contributed by atoms with van der Waals surface area (Å²) in [5, 5.41) is 10.2. The molecule has 0 aliphatic carbocycles. The van der Waals surface area contributed by atoms with Gasteiger partial charge in [0.25, 0.3) is 0 Å². The maximum Gasteiger partial charge on any atom is 0.417 e. The van der Waals surface area contributed by atoms with Crippen molar-refractivity contribution in [1.82, 2.24) is 15.3 Å². The highest BCUT2D eigenvalue weighted by atomic mass is 32.1. The van der Waals surface area contributed by atoms with E-state index in [0.29, 0.717) is 70.2 Å². The number of hydrazine groups is 1. The Morgan fingerprint density at radius 3 is 1.69 bits per heavy atom. The van der Waals surface area contributed by atoms with E-state index in [2.05, 4.69) is 20.6 Å². The lowest BCUT2D eigenvalue weighted by Gasteiger charge is -2.39. The molecule has 0 aliphatic heterocycles. The van der Waals surface area contributed by atoms with Gasteiger partial charge < -0.3 is 25.3 Å². The van der Waals surface area contributed by atoms with Crippen molar-refractivity contribution in [2.75, 3.05) is 29.0 Å². The molecule has 0 spiro atoms. The average molecular weight is 963 g/mol. The Morgan fingerprint density at radius 2 is 1.12 bits per heavy atom. The highest BCUT2D eigenvalue weighted by Gasteiger charge is 2.35. The van der Waals surface area contributed by atoms with E-state index >= 15 is 0 Å². The highest BCUT2D eigenvalue weighted by molar-refractivity contribution is 7.81. The zero-order chi connectivity index (χ0) is 48.2. The smallest absolute Gasteiger partial charge is 0.417 e. The summed E-state index contributed by atoms with van der Waals surface area (Å²) >= 11 is 12.5. The molecule has 8 aromatic rings. The van der Waals surface area contributed by atoms with Gasteiger partial charge in [-0.25, -0.2) is 10.0 Å². The fourth-order valence-corrected chi connectivity index (χ4v) is 8.53. The number of alkyl halides is 6. The Balaban J connectivity index is 1.20. The third-order valence-corrected chi connectivity index (χ3v) is 11.7. The van der Waals surface area contributed by atoms with Gasteiger partial charge in [0.2, 0.25) is 11.1 Å². The van der Waals surface area contributed by atoms with Crippen LogP contribution in [0.2, 0.25) is 0 Å². The van der Waals surface area contributed by atoms with Crippen LogP contribution in [0.4, 0.5) is 43.4 Å². The van der Waals surface area contributed by atoms with Gasteiger partial charge in [0.05, 0.1) is 29.6 Å². The minimum Gasteiger partial charge on any atom is -0.497 e. The Bertz CT molecular complexity index is 3270. The Kier molecular flexibility index (Phi) is 13.7. The van der Waals surface area contributed by atoms with Crippen molar-refractivity contribution in [3.8, 4) is 5.75 Å². The number of methoxy groups -OCH3 is 1. The molecule has 0 amide bonds. The lowest BCUT2D eigenvalue weighted by Crippen LogP contribution is -2.56. The first kappa shape index (κ1) is 47.0. The second-order valence-corrected chi connectivity index (χ2v) is 16.5. The first-order valence-electron chi connectivity index (χ1n) is 21.0. The second-order valence-electron chi connectivity index (χ2n) is 15.7. The molecule has 0 saturated carbocycles. The van der Waals surface area contributed by atoms with Gasteiger partial charge in [-0.05, 0) is 132 Å². The molecule has 0 saturated heterocycles. The molecule has 9 nitrogen and oxygen atoms in total. The predicted molar refractivity (Wildman–Crippen MR) is 263 cm³/mol. The largest absolute Gasteiger partial charge is 0.497 e. The van der Waals surface area contributed by atoms with Crippen LogP contribution in [0, 0.1) is 0 Å². The van der Waals surface area contributed by atoms with Crippen LogP contribution >= 0.6 is 24.4 Å². The van der Waals surface area contributed by atoms with E-state index in [1.165, 1.54) is 31.4 Å². The molecule has 68 heavy (non-hydrogen) atoms. The van der Waals surface area contributed by atoms with Gasteiger partial charge in [-0.3, -0.25) is 9.59 Å². The van der Waals surface area contributed by atoms with Crippen LogP contribution in [0.5, 0.6) is 5.75 Å². The highest BCUT2D eigenvalue weighted by Crippen LogP contribution is 2.37. The van der Waals surface area contributed by atoms with Gasteiger partial charge in [-0.2, -0.15) is 26.3 Å². The lowest BCUT2D eigenvalue weighted by molar-refractivity contribution is -0.137. The second kappa shape index (κ2) is 19.8. The third kappa shape index (κ3) is 10.7. The van der Waals surface area contributed by atoms with E-state index in [9.17, 15) is 35.9 Å². The van der Waals surface area contributed by atoms with Crippen molar-refractivity contribution in [1.29, 1.82) is 0 Å². The first-order chi connectivity index (χ1) is 32.5. The number of para-hydroxylation sites is 2. The lowest BCUT2D eigenvalue weighted by atomic mass is 9.99. The molecular formula is C51H40F6N6O3S2. The molecule has 4 N–H and O–H groups in total.